The van der Waals surface area contributed by atoms with E-state index in [0.717, 1.165) is 21.2 Å². The third-order valence-electron chi connectivity index (χ3n) is 2.95. The summed E-state index contributed by atoms with van der Waals surface area (Å²) in [5.41, 5.74) is 2.66. The third kappa shape index (κ3) is 2.44. The second-order valence-corrected chi connectivity index (χ2v) is 5.35. The number of aryl methyl sites for hydroxylation is 1. The van der Waals surface area contributed by atoms with Gasteiger partial charge in [-0.2, -0.15) is 4.98 Å². The van der Waals surface area contributed by atoms with Crippen molar-refractivity contribution in [3.63, 3.8) is 0 Å². The maximum atomic E-state index is 9.48. The van der Waals surface area contributed by atoms with Crippen LogP contribution in [0.3, 0.4) is 0 Å². The zero-order valence-electron chi connectivity index (χ0n) is 10.7. The largest absolute Gasteiger partial charge is 0.508 e. The average molecular weight is 331 g/mol. The molecule has 0 amide bonds. The molecule has 1 heterocycles. The molecule has 3 aromatic rings. The maximum absolute atomic E-state index is 9.48. The molecule has 0 atom stereocenters. The van der Waals surface area contributed by atoms with Crippen molar-refractivity contribution in [2.75, 3.05) is 0 Å². The Morgan fingerprint density at radius 1 is 1.15 bits per heavy atom. The summed E-state index contributed by atoms with van der Waals surface area (Å²) in [4.78, 5) is 4.38. The molecule has 20 heavy (non-hydrogen) atoms. The fourth-order valence-electron chi connectivity index (χ4n) is 1.96. The Bertz CT molecular complexity index is 768. The molecule has 5 heteroatoms. The summed E-state index contributed by atoms with van der Waals surface area (Å²) in [6.45, 7) is 1.98. The molecule has 1 aromatic heterocycles. The van der Waals surface area contributed by atoms with Gasteiger partial charge in [-0.25, -0.2) is 0 Å². The van der Waals surface area contributed by atoms with Gasteiger partial charge in [0.2, 0.25) is 5.82 Å². The van der Waals surface area contributed by atoms with Crippen LogP contribution in [0.15, 0.2) is 51.5 Å². The molecule has 2 aromatic carbocycles. The first-order valence-corrected chi connectivity index (χ1v) is 6.82. The molecule has 100 valence electrons. The van der Waals surface area contributed by atoms with E-state index in [2.05, 4.69) is 26.1 Å². The molecule has 0 unspecified atom stereocenters. The van der Waals surface area contributed by atoms with Gasteiger partial charge < -0.3 is 9.63 Å². The summed E-state index contributed by atoms with van der Waals surface area (Å²) in [7, 11) is 0. The Hall–Kier alpha value is -2.14. The smallest absolute Gasteiger partial charge is 0.258 e. The average Bonchev–Trinajstić information content (AvgIpc) is 2.88. The Kier molecular flexibility index (Phi) is 3.28. The Morgan fingerprint density at radius 3 is 2.75 bits per heavy atom. The number of benzene rings is 2. The highest BCUT2D eigenvalue weighted by Gasteiger charge is 2.12. The van der Waals surface area contributed by atoms with E-state index >= 15 is 0 Å². The van der Waals surface area contributed by atoms with Crippen molar-refractivity contribution >= 4 is 15.9 Å². The Balaban J connectivity index is 2.02. The van der Waals surface area contributed by atoms with Crippen LogP contribution in [-0.4, -0.2) is 15.2 Å². The topological polar surface area (TPSA) is 59.2 Å². The van der Waals surface area contributed by atoms with Crippen LogP contribution in [0, 0.1) is 6.92 Å². The number of phenols is 1. The lowest BCUT2D eigenvalue weighted by Gasteiger charge is -2.00. The van der Waals surface area contributed by atoms with Crippen molar-refractivity contribution in [3.8, 4) is 28.6 Å². The van der Waals surface area contributed by atoms with Crippen molar-refractivity contribution < 1.29 is 9.63 Å². The Labute approximate surface area is 124 Å². The fourth-order valence-corrected chi connectivity index (χ4v) is 2.44. The number of halogens is 1. The normalized spacial score (nSPS) is 10.7. The summed E-state index contributed by atoms with van der Waals surface area (Å²) in [6, 6.07) is 12.6. The van der Waals surface area contributed by atoms with Gasteiger partial charge >= 0.3 is 0 Å². The van der Waals surface area contributed by atoms with Crippen LogP contribution in [0.25, 0.3) is 22.8 Å². The second kappa shape index (κ2) is 5.09. The van der Waals surface area contributed by atoms with Crippen LogP contribution in [0.1, 0.15) is 5.56 Å². The van der Waals surface area contributed by atoms with Crippen LogP contribution < -0.4 is 0 Å². The first-order chi connectivity index (χ1) is 9.63. The zero-order chi connectivity index (χ0) is 14.1. The molecular weight excluding hydrogens is 320 g/mol. The van der Waals surface area contributed by atoms with E-state index in [1.165, 1.54) is 0 Å². The fraction of sp³-hybridized carbons (Fsp3) is 0.0667. The monoisotopic (exact) mass is 330 g/mol. The minimum absolute atomic E-state index is 0.175. The molecule has 0 aliphatic heterocycles. The lowest BCUT2D eigenvalue weighted by atomic mass is 10.1. The minimum Gasteiger partial charge on any atom is -0.508 e. The number of rotatable bonds is 2. The SMILES string of the molecule is Cc1cc(Br)ccc1-c1nc(-c2cccc(O)c2)no1. The van der Waals surface area contributed by atoms with E-state index in [1.807, 2.05) is 31.2 Å². The van der Waals surface area contributed by atoms with Crippen LogP contribution in [0.2, 0.25) is 0 Å². The molecular formula is C15H11BrN2O2. The van der Waals surface area contributed by atoms with Crippen molar-refractivity contribution in [1.82, 2.24) is 10.1 Å². The number of nitrogens with zero attached hydrogens (tertiary/aromatic N) is 2. The van der Waals surface area contributed by atoms with Gasteiger partial charge in [0.1, 0.15) is 5.75 Å². The van der Waals surface area contributed by atoms with E-state index in [1.54, 1.807) is 18.2 Å². The van der Waals surface area contributed by atoms with E-state index < -0.39 is 0 Å². The third-order valence-corrected chi connectivity index (χ3v) is 3.44. The van der Waals surface area contributed by atoms with Crippen molar-refractivity contribution in [2.45, 2.75) is 6.92 Å². The van der Waals surface area contributed by atoms with Gasteiger partial charge in [0.05, 0.1) is 0 Å². The number of hydrogen-bond acceptors (Lipinski definition) is 4. The van der Waals surface area contributed by atoms with Gasteiger partial charge in [-0.3, -0.25) is 0 Å². The van der Waals surface area contributed by atoms with Crippen LogP contribution >= 0.6 is 15.9 Å². The summed E-state index contributed by atoms with van der Waals surface area (Å²) in [5, 5.41) is 13.4. The van der Waals surface area contributed by atoms with Crippen LogP contribution in [0.4, 0.5) is 0 Å². The molecule has 3 rings (SSSR count). The highest BCUT2D eigenvalue weighted by Crippen LogP contribution is 2.27. The molecule has 4 nitrogen and oxygen atoms in total. The highest BCUT2D eigenvalue weighted by atomic mass is 79.9. The lowest BCUT2D eigenvalue weighted by Crippen LogP contribution is -1.84. The standard InChI is InChI=1S/C15H11BrN2O2/c1-9-7-11(16)5-6-13(9)15-17-14(18-20-15)10-3-2-4-12(19)8-10/h2-8,19H,1H3. The molecule has 1 N–H and O–H groups in total. The molecule has 0 aliphatic rings. The van der Waals surface area contributed by atoms with Gasteiger partial charge in [-0.1, -0.05) is 33.2 Å². The minimum atomic E-state index is 0.175. The van der Waals surface area contributed by atoms with Crippen molar-refractivity contribution in [3.05, 3.63) is 52.5 Å². The van der Waals surface area contributed by atoms with Crippen LogP contribution in [0.5, 0.6) is 5.75 Å². The number of hydrogen-bond donors (Lipinski definition) is 1. The predicted molar refractivity (Wildman–Crippen MR) is 79.3 cm³/mol. The molecule has 0 saturated heterocycles. The van der Waals surface area contributed by atoms with Gasteiger partial charge in [-0.05, 0) is 42.8 Å². The first-order valence-electron chi connectivity index (χ1n) is 6.03. The molecule has 0 bridgehead atoms. The number of aromatic hydroxyl groups is 1. The van der Waals surface area contributed by atoms with E-state index in [4.69, 9.17) is 4.52 Å². The second-order valence-electron chi connectivity index (χ2n) is 4.43. The Morgan fingerprint density at radius 2 is 2.00 bits per heavy atom. The molecule has 0 fully saturated rings. The van der Waals surface area contributed by atoms with Gasteiger partial charge in [0, 0.05) is 15.6 Å². The number of phenolic OH excluding ortho intramolecular Hbond substituents is 1. The first kappa shape index (κ1) is 12.9. The lowest BCUT2D eigenvalue weighted by molar-refractivity contribution is 0.432. The summed E-state index contributed by atoms with van der Waals surface area (Å²) >= 11 is 3.42. The van der Waals surface area contributed by atoms with Gasteiger partial charge in [-0.15, -0.1) is 0 Å². The van der Waals surface area contributed by atoms with Crippen LogP contribution in [-0.2, 0) is 0 Å². The predicted octanol–water partition coefficient (Wildman–Crippen LogP) is 4.18. The highest BCUT2D eigenvalue weighted by molar-refractivity contribution is 9.10. The van der Waals surface area contributed by atoms with E-state index in [9.17, 15) is 5.11 Å². The quantitative estimate of drug-likeness (QED) is 0.765. The van der Waals surface area contributed by atoms with E-state index in [-0.39, 0.29) is 5.75 Å². The summed E-state index contributed by atoms with van der Waals surface area (Å²) < 4.78 is 6.31. The molecule has 0 saturated carbocycles. The molecule has 0 radical (unpaired) electrons. The van der Waals surface area contributed by atoms with Crippen molar-refractivity contribution in [1.29, 1.82) is 0 Å². The maximum Gasteiger partial charge on any atom is 0.258 e. The molecule has 0 spiro atoms. The number of aromatic nitrogens is 2. The van der Waals surface area contributed by atoms with Gasteiger partial charge in [0.15, 0.2) is 0 Å². The van der Waals surface area contributed by atoms with Gasteiger partial charge in [0.25, 0.3) is 5.89 Å². The van der Waals surface area contributed by atoms with Crippen molar-refractivity contribution in [2.24, 2.45) is 0 Å². The summed E-state index contributed by atoms with van der Waals surface area (Å²) in [6.07, 6.45) is 0. The van der Waals surface area contributed by atoms with E-state index in [0.29, 0.717) is 11.7 Å². The molecule has 0 aliphatic carbocycles. The summed E-state index contributed by atoms with van der Waals surface area (Å²) in [5.74, 6) is 1.10. The zero-order valence-corrected chi connectivity index (χ0v) is 12.3.